The standard InChI is InChI=1S/C24H28FN7O3.C7H8O3S/c1-14-4-5-18-22(28-14)21(29-32(18)12-20(33)31-6-7-35-13-24(31,2)3)15-10-30(11-15)23(34)16-8-19(26)27-9-17(16)25;1-6-2-4-7(5-3-6)11(8,9)10/h4-5,8-9,15H,6-7,10-13H2,1-3H3,(H2,26,27);2-5H,1H3,(H,8,9,10). The van der Waals surface area contributed by atoms with E-state index in [1.165, 1.54) is 18.2 Å². The maximum Gasteiger partial charge on any atom is 0.294 e. The number of fused-ring (bicyclic) bond motifs is 1. The second-order valence-corrected chi connectivity index (χ2v) is 13.5. The normalized spacial score (nSPS) is 16.5. The molecule has 5 heterocycles. The van der Waals surface area contributed by atoms with Crippen LogP contribution in [0.1, 0.15) is 47.1 Å². The molecule has 0 radical (unpaired) electrons. The van der Waals surface area contributed by atoms with Gasteiger partial charge in [0.25, 0.3) is 16.0 Å². The Morgan fingerprint density at radius 2 is 1.83 bits per heavy atom. The van der Waals surface area contributed by atoms with Crippen LogP contribution in [0.4, 0.5) is 10.2 Å². The summed E-state index contributed by atoms with van der Waals surface area (Å²) in [6.45, 7) is 10.1. The van der Waals surface area contributed by atoms with E-state index in [0.717, 1.165) is 34.2 Å². The van der Waals surface area contributed by atoms with Crippen molar-refractivity contribution in [2.24, 2.45) is 0 Å². The number of nitrogens with two attached hydrogens (primary N) is 1. The summed E-state index contributed by atoms with van der Waals surface area (Å²) in [5.74, 6) is -1.17. The molecule has 244 valence electrons. The molecule has 3 N–H and O–H groups in total. The van der Waals surface area contributed by atoms with Gasteiger partial charge in [0.2, 0.25) is 5.91 Å². The first-order valence-corrected chi connectivity index (χ1v) is 16.0. The molecule has 2 fully saturated rings. The number of nitrogens with zero attached hydrogens (tertiary/aromatic N) is 6. The molecule has 6 rings (SSSR count). The van der Waals surface area contributed by atoms with Gasteiger partial charge in [-0.3, -0.25) is 18.8 Å². The number of carbonyl (C=O) groups is 2. The Bertz CT molecular complexity index is 1890. The van der Waals surface area contributed by atoms with Crippen molar-refractivity contribution in [1.29, 1.82) is 0 Å². The van der Waals surface area contributed by atoms with Crippen LogP contribution in [-0.4, -0.2) is 92.7 Å². The number of aromatic nitrogens is 4. The first kappa shape index (κ1) is 32.9. The Balaban J connectivity index is 0.000000322. The van der Waals surface area contributed by atoms with E-state index < -0.39 is 27.4 Å². The smallest absolute Gasteiger partial charge is 0.294 e. The Hall–Kier alpha value is -4.47. The molecule has 0 atom stereocenters. The zero-order chi connectivity index (χ0) is 33.4. The van der Waals surface area contributed by atoms with Gasteiger partial charge in [0.15, 0.2) is 5.82 Å². The van der Waals surface area contributed by atoms with E-state index >= 15 is 0 Å². The predicted octanol–water partition coefficient (Wildman–Crippen LogP) is 2.97. The van der Waals surface area contributed by atoms with Gasteiger partial charge in [-0.1, -0.05) is 17.7 Å². The maximum absolute atomic E-state index is 14.1. The molecule has 2 saturated heterocycles. The van der Waals surface area contributed by atoms with Crippen LogP contribution in [0.15, 0.2) is 53.6 Å². The van der Waals surface area contributed by atoms with Crippen LogP contribution in [-0.2, 0) is 26.2 Å². The summed E-state index contributed by atoms with van der Waals surface area (Å²) >= 11 is 0. The molecule has 0 aliphatic carbocycles. The van der Waals surface area contributed by atoms with E-state index in [2.05, 4.69) is 9.97 Å². The van der Waals surface area contributed by atoms with Crippen molar-refractivity contribution >= 4 is 38.8 Å². The lowest BCUT2D eigenvalue weighted by molar-refractivity contribution is -0.147. The summed E-state index contributed by atoms with van der Waals surface area (Å²) in [5, 5.41) is 4.77. The summed E-state index contributed by atoms with van der Waals surface area (Å²) in [5.41, 5.74) is 9.14. The summed E-state index contributed by atoms with van der Waals surface area (Å²) < 4.78 is 50.9. The fourth-order valence-corrected chi connectivity index (χ4v) is 5.90. The summed E-state index contributed by atoms with van der Waals surface area (Å²) in [6, 6.07) is 11.0. The lowest BCUT2D eigenvalue weighted by atomic mass is 9.94. The van der Waals surface area contributed by atoms with Crippen LogP contribution in [0.2, 0.25) is 0 Å². The molecule has 3 aromatic heterocycles. The van der Waals surface area contributed by atoms with Gasteiger partial charge in [0, 0.05) is 31.2 Å². The van der Waals surface area contributed by atoms with E-state index in [1.807, 2.05) is 44.7 Å². The topological polar surface area (TPSA) is 174 Å². The minimum Gasteiger partial charge on any atom is -0.384 e. The molecule has 0 bridgehead atoms. The molecule has 1 aromatic carbocycles. The third-order valence-electron chi connectivity index (χ3n) is 7.97. The molecule has 0 spiro atoms. The molecule has 0 saturated carbocycles. The number of amides is 2. The fourth-order valence-electron chi connectivity index (χ4n) is 5.42. The van der Waals surface area contributed by atoms with Gasteiger partial charge in [0.1, 0.15) is 17.9 Å². The number of aryl methyl sites for hydroxylation is 2. The molecule has 15 heteroatoms. The highest BCUT2D eigenvalue weighted by molar-refractivity contribution is 7.85. The lowest BCUT2D eigenvalue weighted by Gasteiger charge is -2.42. The molecule has 46 heavy (non-hydrogen) atoms. The van der Waals surface area contributed by atoms with Crippen LogP contribution in [0, 0.1) is 19.7 Å². The highest BCUT2D eigenvalue weighted by atomic mass is 32.2. The van der Waals surface area contributed by atoms with Gasteiger partial charge in [-0.05, 0) is 58.0 Å². The number of nitrogen functional groups attached to an aromatic ring is 1. The van der Waals surface area contributed by atoms with E-state index in [4.69, 9.17) is 20.1 Å². The van der Waals surface area contributed by atoms with Gasteiger partial charge in [-0.15, -0.1) is 0 Å². The van der Waals surface area contributed by atoms with Gasteiger partial charge in [-0.2, -0.15) is 13.5 Å². The maximum atomic E-state index is 14.1. The molecule has 0 unspecified atom stereocenters. The van der Waals surface area contributed by atoms with Crippen molar-refractivity contribution in [1.82, 2.24) is 29.5 Å². The lowest BCUT2D eigenvalue weighted by Crippen LogP contribution is -2.56. The number of hydrogen-bond acceptors (Lipinski definition) is 9. The summed E-state index contributed by atoms with van der Waals surface area (Å²) in [4.78, 5) is 37.7. The van der Waals surface area contributed by atoms with E-state index in [-0.39, 0.29) is 34.6 Å². The number of halogens is 1. The number of hydrogen-bond donors (Lipinski definition) is 2. The number of likely N-dealkylation sites (tertiary alicyclic amines) is 1. The average Bonchev–Trinajstić information content (AvgIpc) is 3.29. The average molecular weight is 654 g/mol. The third-order valence-corrected chi connectivity index (χ3v) is 8.84. The van der Waals surface area contributed by atoms with Crippen molar-refractivity contribution in [2.75, 3.05) is 38.6 Å². The number of benzene rings is 1. The first-order valence-electron chi connectivity index (χ1n) is 14.6. The Kier molecular flexibility index (Phi) is 9.11. The van der Waals surface area contributed by atoms with Crippen LogP contribution in [0.3, 0.4) is 0 Å². The number of morpholine rings is 1. The number of carbonyl (C=O) groups excluding carboxylic acids is 2. The van der Waals surface area contributed by atoms with Crippen molar-refractivity contribution < 1.29 is 31.7 Å². The van der Waals surface area contributed by atoms with Crippen molar-refractivity contribution in [2.45, 2.75) is 50.6 Å². The van der Waals surface area contributed by atoms with Gasteiger partial charge >= 0.3 is 0 Å². The Morgan fingerprint density at radius 1 is 1.13 bits per heavy atom. The highest BCUT2D eigenvalue weighted by Gasteiger charge is 2.38. The van der Waals surface area contributed by atoms with Crippen molar-refractivity contribution in [3.63, 3.8) is 0 Å². The first-order chi connectivity index (χ1) is 21.6. The van der Waals surface area contributed by atoms with Gasteiger partial charge in [0.05, 0.1) is 46.6 Å². The highest BCUT2D eigenvalue weighted by Crippen LogP contribution is 2.33. The second-order valence-electron chi connectivity index (χ2n) is 12.1. The quantitative estimate of drug-likeness (QED) is 0.305. The molecule has 13 nitrogen and oxygen atoms in total. The van der Waals surface area contributed by atoms with Crippen molar-refractivity contribution in [3.05, 3.63) is 77.0 Å². The minimum absolute atomic E-state index is 0.0361. The number of pyridine rings is 2. The second kappa shape index (κ2) is 12.7. The zero-order valence-electron chi connectivity index (χ0n) is 26.0. The molecule has 4 aromatic rings. The molecule has 2 aliphatic heterocycles. The number of ether oxygens (including phenoxy) is 1. The number of rotatable bonds is 5. The molecular formula is C31H36FN7O6S. The Morgan fingerprint density at radius 3 is 2.48 bits per heavy atom. The molecular weight excluding hydrogens is 617 g/mol. The molecule has 2 amide bonds. The van der Waals surface area contributed by atoms with E-state index in [1.54, 1.807) is 21.7 Å². The third kappa shape index (κ3) is 7.00. The van der Waals surface area contributed by atoms with Gasteiger partial charge in [-0.25, -0.2) is 14.4 Å². The SMILES string of the molecule is Cc1ccc(S(=O)(=O)O)cc1.Cc1ccc2c(n1)c(C1CN(C(=O)c3cc(N)ncc3F)C1)nn2CC(=O)N1CCOCC1(C)C. The molecule has 2 aliphatic rings. The monoisotopic (exact) mass is 653 g/mol. The number of anilines is 1. The predicted molar refractivity (Wildman–Crippen MR) is 167 cm³/mol. The van der Waals surface area contributed by atoms with E-state index in [9.17, 15) is 22.4 Å². The van der Waals surface area contributed by atoms with Gasteiger partial charge < -0.3 is 20.3 Å². The van der Waals surface area contributed by atoms with Crippen LogP contribution >= 0.6 is 0 Å². The van der Waals surface area contributed by atoms with Crippen LogP contribution in [0.25, 0.3) is 11.0 Å². The Labute approximate surface area is 265 Å². The summed E-state index contributed by atoms with van der Waals surface area (Å²) in [6.07, 6.45) is 0.953. The van der Waals surface area contributed by atoms with Crippen LogP contribution in [0.5, 0.6) is 0 Å². The fraction of sp³-hybridized carbons (Fsp3) is 0.387. The van der Waals surface area contributed by atoms with Crippen molar-refractivity contribution in [3.8, 4) is 0 Å². The minimum atomic E-state index is -4.02. The van der Waals surface area contributed by atoms with Crippen LogP contribution < -0.4 is 5.73 Å². The summed E-state index contributed by atoms with van der Waals surface area (Å²) in [7, 11) is -4.02. The van der Waals surface area contributed by atoms with E-state index in [0.29, 0.717) is 32.8 Å². The largest absolute Gasteiger partial charge is 0.384 e. The zero-order valence-corrected chi connectivity index (χ0v) is 26.8.